The van der Waals surface area contributed by atoms with Gasteiger partial charge >= 0.3 is 0 Å². The van der Waals surface area contributed by atoms with Gasteiger partial charge in [0.05, 0.1) is 0 Å². The zero-order valence-electron chi connectivity index (χ0n) is 12.7. The first kappa shape index (κ1) is 15.2. The number of ether oxygens (including phenoxy) is 1. The van der Waals surface area contributed by atoms with E-state index < -0.39 is 0 Å². The number of benzene rings is 1. The largest absolute Gasteiger partial charge is 0.381 e. The second kappa shape index (κ2) is 7.58. The van der Waals surface area contributed by atoms with E-state index in [0.717, 1.165) is 44.3 Å². The number of fused-ring (bicyclic) bond motifs is 1. The van der Waals surface area contributed by atoms with Crippen molar-refractivity contribution in [2.75, 3.05) is 13.2 Å². The van der Waals surface area contributed by atoms with Crippen LogP contribution in [0.4, 0.5) is 0 Å². The molecule has 0 fully saturated rings. The molecule has 0 saturated carbocycles. The first-order valence-corrected chi connectivity index (χ1v) is 7.88. The van der Waals surface area contributed by atoms with Crippen molar-refractivity contribution in [2.24, 2.45) is 11.8 Å². The molecule has 2 rings (SSSR count). The van der Waals surface area contributed by atoms with Gasteiger partial charge in [-0.2, -0.15) is 0 Å². The maximum atomic E-state index is 12.6. The van der Waals surface area contributed by atoms with E-state index in [9.17, 15) is 4.79 Å². The molecule has 2 heteroatoms. The van der Waals surface area contributed by atoms with Gasteiger partial charge in [-0.05, 0) is 43.6 Å². The van der Waals surface area contributed by atoms with E-state index in [2.05, 4.69) is 19.9 Å². The SMILES string of the molecule is CC(C)CCOCCC1CCCc2ccccc2C1=O. The van der Waals surface area contributed by atoms with E-state index in [1.54, 1.807) is 0 Å². The molecule has 0 aromatic heterocycles. The number of Topliss-reactive ketones (excluding diaryl/α,β-unsaturated/α-hetero) is 1. The second-order valence-corrected chi connectivity index (χ2v) is 6.19. The number of carbonyl (C=O) groups excluding carboxylic acids is 1. The molecule has 0 spiro atoms. The Hall–Kier alpha value is -1.15. The van der Waals surface area contributed by atoms with Gasteiger partial charge in [0.2, 0.25) is 0 Å². The maximum Gasteiger partial charge on any atom is 0.166 e. The summed E-state index contributed by atoms with van der Waals surface area (Å²) in [5.41, 5.74) is 2.16. The first-order chi connectivity index (χ1) is 9.68. The highest BCUT2D eigenvalue weighted by molar-refractivity contribution is 5.99. The van der Waals surface area contributed by atoms with Crippen LogP contribution in [0.3, 0.4) is 0 Å². The summed E-state index contributed by atoms with van der Waals surface area (Å²) in [4.78, 5) is 12.6. The lowest BCUT2D eigenvalue weighted by molar-refractivity contribution is 0.0812. The third-order valence-corrected chi connectivity index (χ3v) is 4.10. The number of ketones is 1. The van der Waals surface area contributed by atoms with Crippen LogP contribution in [-0.4, -0.2) is 19.0 Å². The smallest absolute Gasteiger partial charge is 0.166 e. The maximum absolute atomic E-state index is 12.6. The van der Waals surface area contributed by atoms with Gasteiger partial charge < -0.3 is 4.74 Å². The van der Waals surface area contributed by atoms with Crippen LogP contribution in [0.2, 0.25) is 0 Å². The van der Waals surface area contributed by atoms with Crippen LogP contribution in [0.1, 0.15) is 55.5 Å². The molecule has 1 aliphatic rings. The van der Waals surface area contributed by atoms with Crippen molar-refractivity contribution in [3.8, 4) is 0 Å². The molecule has 0 saturated heterocycles. The van der Waals surface area contributed by atoms with Gasteiger partial charge in [-0.1, -0.05) is 38.1 Å². The van der Waals surface area contributed by atoms with Crippen molar-refractivity contribution < 1.29 is 9.53 Å². The molecular formula is C18H26O2. The van der Waals surface area contributed by atoms with Crippen molar-refractivity contribution in [3.63, 3.8) is 0 Å². The Labute approximate surface area is 122 Å². The summed E-state index contributed by atoms with van der Waals surface area (Å²) in [6.07, 6.45) is 5.11. The summed E-state index contributed by atoms with van der Waals surface area (Å²) in [5, 5.41) is 0. The Balaban J connectivity index is 1.85. The summed E-state index contributed by atoms with van der Waals surface area (Å²) < 4.78 is 5.67. The minimum absolute atomic E-state index is 0.151. The summed E-state index contributed by atoms with van der Waals surface area (Å²) in [6.45, 7) is 5.94. The predicted molar refractivity (Wildman–Crippen MR) is 82.1 cm³/mol. The summed E-state index contributed by atoms with van der Waals surface area (Å²) in [5.74, 6) is 1.16. The minimum Gasteiger partial charge on any atom is -0.381 e. The second-order valence-electron chi connectivity index (χ2n) is 6.19. The highest BCUT2D eigenvalue weighted by atomic mass is 16.5. The molecule has 1 aromatic rings. The summed E-state index contributed by atoms with van der Waals surface area (Å²) >= 11 is 0. The predicted octanol–water partition coefficient (Wildman–Crippen LogP) is 4.27. The van der Waals surface area contributed by atoms with Gasteiger partial charge in [0, 0.05) is 24.7 Å². The van der Waals surface area contributed by atoms with Gasteiger partial charge in [0.25, 0.3) is 0 Å². The van der Waals surface area contributed by atoms with Crippen LogP contribution < -0.4 is 0 Å². The lowest BCUT2D eigenvalue weighted by atomic mass is 9.93. The third kappa shape index (κ3) is 4.17. The molecule has 0 bridgehead atoms. The molecule has 110 valence electrons. The third-order valence-electron chi connectivity index (χ3n) is 4.10. The Bertz CT molecular complexity index is 437. The standard InChI is InChI=1S/C18H26O2/c1-14(2)10-12-20-13-11-16-8-5-7-15-6-3-4-9-17(15)18(16)19/h3-4,6,9,14,16H,5,7-8,10-13H2,1-2H3. The van der Waals surface area contributed by atoms with E-state index >= 15 is 0 Å². The van der Waals surface area contributed by atoms with Crippen LogP contribution in [0.15, 0.2) is 24.3 Å². The summed E-state index contributed by atoms with van der Waals surface area (Å²) in [7, 11) is 0. The molecule has 0 N–H and O–H groups in total. The molecule has 1 aromatic carbocycles. The highest BCUT2D eigenvalue weighted by Gasteiger charge is 2.24. The fraction of sp³-hybridized carbons (Fsp3) is 0.611. The number of aryl methyl sites for hydroxylation is 1. The van der Waals surface area contributed by atoms with Gasteiger partial charge in [-0.15, -0.1) is 0 Å². The quantitative estimate of drug-likeness (QED) is 0.572. The number of hydrogen-bond donors (Lipinski definition) is 0. The lowest BCUT2D eigenvalue weighted by Crippen LogP contribution is -2.16. The average molecular weight is 274 g/mol. The zero-order chi connectivity index (χ0) is 14.4. The molecule has 0 amide bonds. The number of hydrogen-bond acceptors (Lipinski definition) is 2. The Morgan fingerprint density at radius 2 is 2.05 bits per heavy atom. The van der Waals surface area contributed by atoms with Crippen molar-refractivity contribution in [1.82, 2.24) is 0 Å². The van der Waals surface area contributed by atoms with Crippen molar-refractivity contribution in [3.05, 3.63) is 35.4 Å². The monoisotopic (exact) mass is 274 g/mol. The molecular weight excluding hydrogens is 248 g/mol. The van der Waals surface area contributed by atoms with Crippen LogP contribution in [0, 0.1) is 11.8 Å². The van der Waals surface area contributed by atoms with Crippen molar-refractivity contribution in [1.29, 1.82) is 0 Å². The van der Waals surface area contributed by atoms with Crippen LogP contribution in [-0.2, 0) is 11.2 Å². The van der Waals surface area contributed by atoms with E-state index in [4.69, 9.17) is 4.74 Å². The molecule has 1 atom stereocenters. The normalized spacial score (nSPS) is 18.9. The number of rotatable bonds is 6. The Morgan fingerprint density at radius 3 is 2.85 bits per heavy atom. The van der Waals surface area contributed by atoms with Crippen LogP contribution in [0.5, 0.6) is 0 Å². The van der Waals surface area contributed by atoms with Crippen molar-refractivity contribution in [2.45, 2.75) is 46.0 Å². The topological polar surface area (TPSA) is 26.3 Å². The highest BCUT2D eigenvalue weighted by Crippen LogP contribution is 2.26. The van der Waals surface area contributed by atoms with Crippen LogP contribution >= 0.6 is 0 Å². The molecule has 0 radical (unpaired) electrons. The fourth-order valence-electron chi connectivity index (χ4n) is 2.79. The molecule has 20 heavy (non-hydrogen) atoms. The molecule has 0 heterocycles. The molecule has 1 unspecified atom stereocenters. The number of carbonyl (C=O) groups is 1. The van der Waals surface area contributed by atoms with Crippen molar-refractivity contribution >= 4 is 5.78 Å². The van der Waals surface area contributed by atoms with E-state index in [0.29, 0.717) is 18.3 Å². The summed E-state index contributed by atoms with van der Waals surface area (Å²) in [6, 6.07) is 8.07. The van der Waals surface area contributed by atoms with E-state index in [1.807, 2.05) is 18.2 Å². The van der Waals surface area contributed by atoms with Gasteiger partial charge in [0.15, 0.2) is 5.78 Å². The molecule has 0 aliphatic heterocycles. The average Bonchev–Trinajstić information content (AvgIpc) is 2.59. The van der Waals surface area contributed by atoms with E-state index in [-0.39, 0.29) is 5.92 Å². The zero-order valence-corrected chi connectivity index (χ0v) is 12.7. The van der Waals surface area contributed by atoms with E-state index in [1.165, 1.54) is 5.56 Å². The lowest BCUT2D eigenvalue weighted by Gasteiger charge is -2.14. The van der Waals surface area contributed by atoms with Gasteiger partial charge in [-0.25, -0.2) is 0 Å². The fourth-order valence-corrected chi connectivity index (χ4v) is 2.79. The van der Waals surface area contributed by atoms with Crippen LogP contribution in [0.25, 0.3) is 0 Å². The van der Waals surface area contributed by atoms with Gasteiger partial charge in [-0.3, -0.25) is 4.79 Å². The Morgan fingerprint density at radius 1 is 1.25 bits per heavy atom. The first-order valence-electron chi connectivity index (χ1n) is 7.88. The minimum atomic E-state index is 0.151. The van der Waals surface area contributed by atoms with Gasteiger partial charge in [0.1, 0.15) is 0 Å². The Kier molecular flexibility index (Phi) is 5.78. The molecule has 2 nitrogen and oxygen atoms in total. The molecule has 1 aliphatic carbocycles.